The number of hydrogen-bond acceptors (Lipinski definition) is 7. The topological polar surface area (TPSA) is 147 Å². The molecule has 0 aliphatic carbocycles. The Morgan fingerprint density at radius 2 is 1.75 bits per heavy atom. The molecule has 3 atom stereocenters. The summed E-state index contributed by atoms with van der Waals surface area (Å²) in [7, 11) is 1.49. The van der Waals surface area contributed by atoms with E-state index in [9.17, 15) is 27.6 Å². The van der Waals surface area contributed by atoms with Crippen molar-refractivity contribution in [2.24, 2.45) is 5.92 Å². The summed E-state index contributed by atoms with van der Waals surface area (Å²) in [6, 6.07) is 11.1. The van der Waals surface area contributed by atoms with Crippen LogP contribution in [0.5, 0.6) is 0 Å². The van der Waals surface area contributed by atoms with Crippen LogP contribution in [0.1, 0.15) is 67.0 Å². The number of hydrogen-bond donors (Lipinski definition) is 5. The summed E-state index contributed by atoms with van der Waals surface area (Å²) < 4.78 is 43.6. The zero-order valence-corrected chi connectivity index (χ0v) is 31.5. The first-order chi connectivity index (χ1) is 26.1. The number of alkyl halides is 3. The maximum Gasteiger partial charge on any atom is 0.417 e. The van der Waals surface area contributed by atoms with Crippen molar-refractivity contribution in [3.63, 3.8) is 0 Å². The van der Waals surface area contributed by atoms with Gasteiger partial charge in [-0.1, -0.05) is 44.7 Å². The van der Waals surface area contributed by atoms with E-state index in [1.54, 1.807) is 54.4 Å². The van der Waals surface area contributed by atoms with Crippen molar-refractivity contribution in [1.29, 1.82) is 0 Å². The van der Waals surface area contributed by atoms with Gasteiger partial charge >= 0.3 is 12.2 Å². The third-order valence-electron chi connectivity index (χ3n) is 10.2. The molecule has 2 aliphatic rings. The van der Waals surface area contributed by atoms with E-state index in [1.165, 1.54) is 19.3 Å². The summed E-state index contributed by atoms with van der Waals surface area (Å²) in [5.41, 5.74) is 2.35. The SMILES string of the molecule is C=C1CN(c2ccc(C(=O)Nc3cc(C(F)(F)F)c(-c4ccc(-c5cnc([C@@H]6CCCN6C(=O)[C@@H](NC(=O)NC)C(C)C)[nH]5)cc4)cc3C)cn2)[C@H](C)CN1. The van der Waals surface area contributed by atoms with Crippen LogP contribution in [-0.4, -0.2) is 76.5 Å². The highest BCUT2D eigenvalue weighted by Gasteiger charge is 2.38. The number of halogens is 3. The molecule has 290 valence electrons. The van der Waals surface area contributed by atoms with E-state index in [2.05, 4.69) is 47.7 Å². The largest absolute Gasteiger partial charge is 0.417 e. The minimum Gasteiger partial charge on any atom is -0.385 e. The number of imidazole rings is 1. The van der Waals surface area contributed by atoms with Crippen LogP contribution in [0.3, 0.4) is 0 Å². The molecular weight excluding hydrogens is 711 g/mol. The summed E-state index contributed by atoms with van der Waals surface area (Å²) in [6.07, 6.45) is -0.189. The Morgan fingerprint density at radius 1 is 1.02 bits per heavy atom. The predicted molar refractivity (Wildman–Crippen MR) is 205 cm³/mol. The third kappa shape index (κ3) is 8.45. The number of carbonyl (C=O) groups is 3. The van der Waals surface area contributed by atoms with E-state index < -0.39 is 29.7 Å². The normalized spacial score (nSPS) is 17.9. The van der Waals surface area contributed by atoms with Gasteiger partial charge in [0.15, 0.2) is 0 Å². The second-order valence-corrected chi connectivity index (χ2v) is 14.4. The summed E-state index contributed by atoms with van der Waals surface area (Å²) in [6.45, 7) is 13.2. The molecule has 0 unspecified atom stereocenters. The molecule has 0 bridgehead atoms. The number of H-pyrrole nitrogens is 1. The number of piperazine rings is 1. The Hall–Kier alpha value is -5.86. The molecule has 4 aromatic rings. The molecule has 2 aromatic carbocycles. The summed E-state index contributed by atoms with van der Waals surface area (Å²) in [4.78, 5) is 54.9. The van der Waals surface area contributed by atoms with Crippen molar-refractivity contribution in [2.45, 2.75) is 64.8 Å². The number of nitrogens with one attached hydrogen (secondary N) is 5. The molecular formula is C40H46F3N9O3. The van der Waals surface area contributed by atoms with E-state index in [0.717, 1.165) is 18.2 Å². The van der Waals surface area contributed by atoms with Crippen LogP contribution in [0.15, 0.2) is 73.2 Å². The molecule has 12 nitrogen and oxygen atoms in total. The lowest BCUT2D eigenvalue weighted by molar-refractivity contribution is -0.137. The van der Waals surface area contributed by atoms with Crippen LogP contribution in [0.25, 0.3) is 22.4 Å². The van der Waals surface area contributed by atoms with Crippen LogP contribution in [0, 0.1) is 12.8 Å². The number of benzene rings is 2. The lowest BCUT2D eigenvalue weighted by Gasteiger charge is -2.36. The van der Waals surface area contributed by atoms with Gasteiger partial charge in [0.05, 0.1) is 35.6 Å². The molecule has 0 spiro atoms. The van der Waals surface area contributed by atoms with Gasteiger partial charge in [-0.3, -0.25) is 9.59 Å². The molecule has 55 heavy (non-hydrogen) atoms. The summed E-state index contributed by atoms with van der Waals surface area (Å²) in [5.74, 6) is 0.360. The highest BCUT2D eigenvalue weighted by Crippen LogP contribution is 2.41. The Bertz CT molecular complexity index is 2060. The van der Waals surface area contributed by atoms with E-state index in [4.69, 9.17) is 0 Å². The second-order valence-electron chi connectivity index (χ2n) is 14.4. The highest BCUT2D eigenvalue weighted by atomic mass is 19.4. The number of aryl methyl sites for hydroxylation is 1. The molecule has 2 saturated heterocycles. The number of likely N-dealkylation sites (tertiary alicyclic amines) is 1. The van der Waals surface area contributed by atoms with E-state index in [0.29, 0.717) is 60.1 Å². The van der Waals surface area contributed by atoms with Crippen molar-refractivity contribution in [3.8, 4) is 22.4 Å². The molecule has 5 N–H and O–H groups in total. The Labute approximate surface area is 318 Å². The third-order valence-corrected chi connectivity index (χ3v) is 10.2. The van der Waals surface area contributed by atoms with Crippen LogP contribution in [-0.2, 0) is 11.0 Å². The fourth-order valence-corrected chi connectivity index (χ4v) is 7.03. The average Bonchev–Trinajstić information content (AvgIpc) is 3.85. The first-order valence-electron chi connectivity index (χ1n) is 18.3. The zero-order chi connectivity index (χ0) is 39.6. The van der Waals surface area contributed by atoms with Gasteiger partial charge in [-0.2, -0.15) is 13.2 Å². The van der Waals surface area contributed by atoms with Gasteiger partial charge in [-0.15, -0.1) is 0 Å². The number of aromatic nitrogens is 3. The first kappa shape index (κ1) is 38.9. The molecule has 0 radical (unpaired) electrons. The van der Waals surface area contributed by atoms with E-state index in [1.807, 2.05) is 20.8 Å². The maximum absolute atomic E-state index is 14.5. The minimum absolute atomic E-state index is 0.0252. The Balaban J connectivity index is 1.18. The van der Waals surface area contributed by atoms with Gasteiger partial charge < -0.3 is 36.1 Å². The number of aromatic amines is 1. The van der Waals surface area contributed by atoms with Crippen LogP contribution in [0.4, 0.5) is 29.5 Å². The van der Waals surface area contributed by atoms with Gasteiger partial charge in [0.2, 0.25) is 5.91 Å². The molecule has 4 amide bonds. The number of anilines is 2. The van der Waals surface area contributed by atoms with Crippen molar-refractivity contribution < 1.29 is 27.6 Å². The smallest absolute Gasteiger partial charge is 0.385 e. The molecule has 6 rings (SSSR count). The standard InChI is InChI=1S/C40H46F3N9O3/c1-22(2)35(50-39(55)44-6)38(54)51-15-7-8-33(51)36-47-20-32(48-36)27-11-9-26(10-12-27)29-16-23(3)31(17-30(29)40(41,42)43)49-37(53)28-13-14-34(46-19-28)52-21-24(4)45-18-25(52)5/h9-14,16-17,19-20,22,25,33,35,45H,4,7-8,15,18,21H2,1-3,5-6H3,(H,47,48)(H,49,53)(H2,44,50,55)/t25-,33+,35+/m1/s1. The Kier molecular flexibility index (Phi) is 11.2. The molecule has 15 heteroatoms. The highest BCUT2D eigenvalue weighted by molar-refractivity contribution is 6.04. The van der Waals surface area contributed by atoms with Crippen LogP contribution >= 0.6 is 0 Å². The number of pyridine rings is 1. The zero-order valence-electron chi connectivity index (χ0n) is 31.5. The van der Waals surface area contributed by atoms with Crippen molar-refractivity contribution >= 4 is 29.4 Å². The van der Waals surface area contributed by atoms with Crippen LogP contribution < -0.4 is 26.2 Å². The molecule has 2 aliphatic heterocycles. The monoisotopic (exact) mass is 757 g/mol. The second kappa shape index (κ2) is 15.9. The number of urea groups is 1. The number of nitrogens with zero attached hydrogens (tertiary/aromatic N) is 4. The summed E-state index contributed by atoms with van der Waals surface area (Å²) in [5, 5.41) is 11.1. The van der Waals surface area contributed by atoms with Crippen LogP contribution in [0.2, 0.25) is 0 Å². The maximum atomic E-state index is 14.5. The summed E-state index contributed by atoms with van der Waals surface area (Å²) >= 11 is 0. The van der Waals surface area contributed by atoms with E-state index >= 15 is 0 Å². The molecule has 2 fully saturated rings. The first-order valence-corrected chi connectivity index (χ1v) is 18.3. The van der Waals surface area contributed by atoms with Gasteiger partial charge in [-0.25, -0.2) is 14.8 Å². The fraction of sp³-hybridized carbons (Fsp3) is 0.375. The molecule has 2 aromatic heterocycles. The van der Waals surface area contributed by atoms with E-state index in [-0.39, 0.29) is 40.7 Å². The molecule has 0 saturated carbocycles. The number of amides is 4. The average molecular weight is 758 g/mol. The quantitative estimate of drug-likeness (QED) is 0.129. The molecule has 4 heterocycles. The fourth-order valence-electron chi connectivity index (χ4n) is 7.03. The lowest BCUT2D eigenvalue weighted by Crippen LogP contribution is -2.53. The van der Waals surface area contributed by atoms with Gasteiger partial charge in [0.1, 0.15) is 17.7 Å². The van der Waals surface area contributed by atoms with Crippen molar-refractivity contribution in [2.75, 3.05) is 36.9 Å². The number of carbonyl (C=O) groups excluding carboxylic acids is 3. The van der Waals surface area contributed by atoms with Gasteiger partial charge in [-0.05, 0) is 79.1 Å². The van der Waals surface area contributed by atoms with Crippen molar-refractivity contribution in [1.82, 2.24) is 35.8 Å². The minimum atomic E-state index is -4.71. The van der Waals surface area contributed by atoms with Gasteiger partial charge in [0, 0.05) is 43.8 Å². The predicted octanol–water partition coefficient (Wildman–Crippen LogP) is 6.65. The Morgan fingerprint density at radius 3 is 2.40 bits per heavy atom. The van der Waals surface area contributed by atoms with Gasteiger partial charge in [0.25, 0.3) is 5.91 Å². The van der Waals surface area contributed by atoms with Crippen molar-refractivity contribution in [3.05, 3.63) is 95.7 Å². The lowest BCUT2D eigenvalue weighted by atomic mass is 9.95. The number of rotatable bonds is 9.